The van der Waals surface area contributed by atoms with E-state index in [0.717, 1.165) is 22.4 Å². The first kappa shape index (κ1) is 13.6. The Morgan fingerprint density at radius 2 is 2.00 bits per heavy atom. The molecule has 0 fully saturated rings. The second-order valence-corrected chi connectivity index (χ2v) is 5.05. The third kappa shape index (κ3) is 2.77. The number of halogens is 5. The Kier molecular flexibility index (Phi) is 3.82. The first-order valence-electron chi connectivity index (χ1n) is 4.88. The molecule has 0 radical (unpaired) electrons. The second kappa shape index (κ2) is 5.05. The molecule has 0 spiro atoms. The Hall–Kier alpha value is -0.820. The molecular weight excluding hydrogens is 377 g/mol. The van der Waals surface area contributed by atoms with E-state index in [1.165, 1.54) is 4.68 Å². The van der Waals surface area contributed by atoms with Gasteiger partial charge in [0.2, 0.25) is 0 Å². The summed E-state index contributed by atoms with van der Waals surface area (Å²) in [5, 5.41) is 4.28. The van der Waals surface area contributed by atoms with Crippen molar-refractivity contribution < 1.29 is 13.2 Å². The van der Waals surface area contributed by atoms with Crippen molar-refractivity contribution in [2.75, 3.05) is 0 Å². The zero-order valence-corrected chi connectivity index (χ0v) is 12.1. The lowest BCUT2D eigenvalue weighted by molar-refractivity contribution is -0.137. The van der Waals surface area contributed by atoms with E-state index in [1.807, 2.05) is 6.07 Å². The van der Waals surface area contributed by atoms with Crippen LogP contribution in [0.25, 0.3) is 5.69 Å². The molecule has 0 aliphatic heterocycles. The summed E-state index contributed by atoms with van der Waals surface area (Å²) in [6.07, 6.45) is -2.57. The van der Waals surface area contributed by atoms with Gasteiger partial charge in [0.15, 0.2) is 0 Å². The Labute approximate surface area is 118 Å². The van der Waals surface area contributed by atoms with Crippen molar-refractivity contribution in [1.82, 2.24) is 9.78 Å². The third-order valence-corrected chi connectivity index (χ3v) is 3.44. The average Bonchev–Trinajstić information content (AvgIpc) is 2.77. The van der Waals surface area contributed by atoms with Crippen LogP contribution in [0.5, 0.6) is 0 Å². The van der Waals surface area contributed by atoms with Crippen molar-refractivity contribution in [3.05, 3.63) is 46.2 Å². The smallest absolute Gasteiger partial charge is 0.240 e. The quantitative estimate of drug-likeness (QED) is 0.695. The van der Waals surface area contributed by atoms with Crippen LogP contribution in [0.4, 0.5) is 13.2 Å². The molecule has 1 aromatic carbocycles. The highest BCUT2D eigenvalue weighted by atomic mass is 79.9. The van der Waals surface area contributed by atoms with Crippen LogP contribution in [-0.2, 0) is 11.5 Å². The summed E-state index contributed by atoms with van der Waals surface area (Å²) in [7, 11) is 0. The summed E-state index contributed by atoms with van der Waals surface area (Å²) in [6.45, 7) is 0. The second-order valence-electron chi connectivity index (χ2n) is 3.58. The van der Waals surface area contributed by atoms with E-state index in [2.05, 4.69) is 37.0 Å². The minimum absolute atomic E-state index is 0.531. The Balaban J connectivity index is 2.46. The zero-order valence-electron chi connectivity index (χ0n) is 8.88. The maximum absolute atomic E-state index is 12.5. The molecule has 2 rings (SSSR count). The van der Waals surface area contributed by atoms with Crippen LogP contribution in [0.2, 0.25) is 0 Å². The van der Waals surface area contributed by atoms with Crippen molar-refractivity contribution in [2.45, 2.75) is 11.5 Å². The minimum Gasteiger partial charge on any atom is -0.240 e. The largest absolute Gasteiger partial charge is 0.419 e. The number of rotatable bonds is 2. The van der Waals surface area contributed by atoms with E-state index < -0.39 is 11.7 Å². The van der Waals surface area contributed by atoms with Gasteiger partial charge in [0, 0.05) is 16.0 Å². The van der Waals surface area contributed by atoms with E-state index in [9.17, 15) is 13.2 Å². The molecule has 0 saturated carbocycles. The number of hydrogen-bond donors (Lipinski definition) is 0. The predicted molar refractivity (Wildman–Crippen MR) is 68.9 cm³/mol. The van der Waals surface area contributed by atoms with Gasteiger partial charge in [0.25, 0.3) is 0 Å². The molecule has 0 aliphatic rings. The van der Waals surface area contributed by atoms with E-state index in [1.54, 1.807) is 12.1 Å². The molecular formula is C11H7Br2F3N2. The number of alkyl halides is 4. The molecule has 18 heavy (non-hydrogen) atoms. The topological polar surface area (TPSA) is 17.8 Å². The predicted octanol–water partition coefficient (Wildman–Crippen LogP) is 4.55. The monoisotopic (exact) mass is 382 g/mol. The van der Waals surface area contributed by atoms with Crippen LogP contribution >= 0.6 is 31.9 Å². The van der Waals surface area contributed by atoms with Gasteiger partial charge in [-0.1, -0.05) is 31.9 Å². The summed E-state index contributed by atoms with van der Waals surface area (Å²) in [4.78, 5) is 0. The summed E-state index contributed by atoms with van der Waals surface area (Å²) < 4.78 is 39.6. The maximum atomic E-state index is 12.5. The van der Waals surface area contributed by atoms with Crippen molar-refractivity contribution in [2.24, 2.45) is 0 Å². The summed E-state index contributed by atoms with van der Waals surface area (Å²) >= 11 is 6.62. The molecule has 1 heterocycles. The molecule has 0 bridgehead atoms. The van der Waals surface area contributed by atoms with Crippen LogP contribution in [0.1, 0.15) is 11.1 Å². The highest BCUT2D eigenvalue weighted by molar-refractivity contribution is 9.10. The fraction of sp³-hybridized carbons (Fsp3) is 0.182. The lowest BCUT2D eigenvalue weighted by Crippen LogP contribution is -2.03. The van der Waals surface area contributed by atoms with Crippen molar-refractivity contribution >= 4 is 31.9 Å². The number of nitrogens with zero attached hydrogens (tertiary/aromatic N) is 2. The van der Waals surface area contributed by atoms with Crippen LogP contribution in [-0.4, -0.2) is 9.78 Å². The fourth-order valence-electron chi connectivity index (χ4n) is 1.49. The SMILES string of the molecule is FC(F)(F)c1cnn(-c2ccc(Br)cc2CBr)c1. The van der Waals surface area contributed by atoms with E-state index >= 15 is 0 Å². The maximum Gasteiger partial charge on any atom is 0.419 e. The number of benzene rings is 1. The lowest BCUT2D eigenvalue weighted by Gasteiger charge is -2.08. The molecule has 0 unspecified atom stereocenters. The normalized spacial score (nSPS) is 11.8. The van der Waals surface area contributed by atoms with Crippen LogP contribution in [0.3, 0.4) is 0 Å². The van der Waals surface area contributed by atoms with Crippen molar-refractivity contribution in [3.63, 3.8) is 0 Å². The van der Waals surface area contributed by atoms with Crippen molar-refractivity contribution in [3.8, 4) is 5.69 Å². The van der Waals surface area contributed by atoms with E-state index in [0.29, 0.717) is 11.0 Å². The molecule has 2 nitrogen and oxygen atoms in total. The Morgan fingerprint density at radius 1 is 1.28 bits per heavy atom. The molecule has 7 heteroatoms. The molecule has 0 atom stereocenters. The molecule has 1 aromatic heterocycles. The van der Waals surface area contributed by atoms with Crippen LogP contribution < -0.4 is 0 Å². The standard InChI is InChI=1S/C11H7Br2F3N2/c12-4-7-3-9(13)1-2-10(7)18-6-8(5-17-18)11(14,15)16/h1-3,5-6H,4H2. The third-order valence-electron chi connectivity index (χ3n) is 2.34. The Morgan fingerprint density at radius 3 is 2.56 bits per heavy atom. The van der Waals surface area contributed by atoms with Gasteiger partial charge in [-0.05, 0) is 23.8 Å². The van der Waals surface area contributed by atoms with Crippen LogP contribution in [0.15, 0.2) is 35.1 Å². The van der Waals surface area contributed by atoms with Crippen molar-refractivity contribution in [1.29, 1.82) is 0 Å². The summed E-state index contributed by atoms with van der Waals surface area (Å²) in [5.74, 6) is 0. The Bertz CT molecular complexity index is 564. The average molecular weight is 384 g/mol. The molecule has 0 aliphatic carbocycles. The van der Waals surface area contributed by atoms with Gasteiger partial charge in [0.1, 0.15) is 0 Å². The molecule has 0 N–H and O–H groups in total. The van der Waals surface area contributed by atoms with Gasteiger partial charge >= 0.3 is 6.18 Å². The molecule has 2 aromatic rings. The summed E-state index contributed by atoms with van der Waals surface area (Å²) in [5.41, 5.74) is 0.706. The molecule has 0 saturated heterocycles. The fourth-order valence-corrected chi connectivity index (χ4v) is 2.34. The number of hydrogen-bond acceptors (Lipinski definition) is 1. The van der Waals surface area contributed by atoms with Crippen LogP contribution in [0, 0.1) is 0 Å². The summed E-state index contributed by atoms with van der Waals surface area (Å²) in [6, 6.07) is 5.31. The minimum atomic E-state index is -4.37. The molecule has 96 valence electrons. The first-order chi connectivity index (χ1) is 8.41. The van der Waals surface area contributed by atoms with Gasteiger partial charge in [-0.3, -0.25) is 0 Å². The highest BCUT2D eigenvalue weighted by Gasteiger charge is 2.32. The number of aromatic nitrogens is 2. The van der Waals surface area contributed by atoms with Gasteiger partial charge in [-0.15, -0.1) is 0 Å². The zero-order chi connectivity index (χ0) is 13.3. The van der Waals surface area contributed by atoms with Gasteiger partial charge in [0.05, 0.1) is 17.4 Å². The van der Waals surface area contributed by atoms with Gasteiger partial charge in [-0.25, -0.2) is 4.68 Å². The molecule has 0 amide bonds. The van der Waals surface area contributed by atoms with E-state index in [-0.39, 0.29) is 0 Å². The van der Waals surface area contributed by atoms with Gasteiger partial charge < -0.3 is 0 Å². The van der Waals surface area contributed by atoms with E-state index in [4.69, 9.17) is 0 Å². The first-order valence-corrected chi connectivity index (χ1v) is 6.80. The highest BCUT2D eigenvalue weighted by Crippen LogP contribution is 2.30. The van der Waals surface area contributed by atoms with Gasteiger partial charge in [-0.2, -0.15) is 18.3 Å². The lowest BCUT2D eigenvalue weighted by atomic mass is 10.2.